The van der Waals surface area contributed by atoms with E-state index in [-0.39, 0.29) is 0 Å². The van der Waals surface area contributed by atoms with Crippen LogP contribution >= 0.6 is 0 Å². The van der Waals surface area contributed by atoms with Crippen LogP contribution in [0.4, 0.5) is 0 Å². The van der Waals surface area contributed by atoms with E-state index in [4.69, 9.17) is 10.1 Å². The van der Waals surface area contributed by atoms with Gasteiger partial charge in [-0.25, -0.2) is 0 Å². The Morgan fingerprint density at radius 3 is 2.56 bits per heavy atom. The molecule has 0 aliphatic rings. The quantitative estimate of drug-likeness (QED) is 0.604. The zero-order chi connectivity index (χ0) is 12.6. The molecule has 0 N–H and O–H groups in total. The summed E-state index contributed by atoms with van der Waals surface area (Å²) in [4.78, 5) is 5.18. The highest BCUT2D eigenvalue weighted by Gasteiger charge is 1.99. The normalized spacial score (nSPS) is 10.2. The summed E-state index contributed by atoms with van der Waals surface area (Å²) in [6, 6.07) is 19.1. The topological polar surface area (TPSA) is 45.4 Å². The molecule has 0 atom stereocenters. The minimum atomic E-state index is 0.299. The van der Waals surface area contributed by atoms with Crippen LogP contribution in [0.3, 0.4) is 0 Å². The summed E-state index contributed by atoms with van der Waals surface area (Å²) in [6.07, 6.45) is 1.65. The first-order valence-corrected chi connectivity index (χ1v) is 5.58. The molecule has 2 rings (SSSR count). The van der Waals surface area contributed by atoms with Crippen molar-refractivity contribution in [3.05, 3.63) is 71.3 Å². The fourth-order valence-electron chi connectivity index (χ4n) is 1.50. The zero-order valence-corrected chi connectivity index (χ0v) is 9.78. The van der Waals surface area contributed by atoms with Crippen molar-refractivity contribution >= 4 is 6.21 Å². The summed E-state index contributed by atoms with van der Waals surface area (Å²) in [7, 11) is 0. The van der Waals surface area contributed by atoms with Gasteiger partial charge in [0.1, 0.15) is 6.61 Å². The second-order valence-corrected chi connectivity index (χ2v) is 3.69. The third-order valence-corrected chi connectivity index (χ3v) is 2.43. The highest BCUT2D eigenvalue weighted by atomic mass is 16.6. The van der Waals surface area contributed by atoms with E-state index < -0.39 is 0 Å². The number of oxime groups is 1. The van der Waals surface area contributed by atoms with Gasteiger partial charge in [0.25, 0.3) is 0 Å². The van der Waals surface area contributed by atoms with Crippen LogP contribution in [0, 0.1) is 11.3 Å². The lowest BCUT2D eigenvalue weighted by atomic mass is 10.1. The van der Waals surface area contributed by atoms with Gasteiger partial charge < -0.3 is 4.84 Å². The fourth-order valence-corrected chi connectivity index (χ4v) is 1.50. The number of hydrogen-bond donors (Lipinski definition) is 0. The summed E-state index contributed by atoms with van der Waals surface area (Å²) in [5.74, 6) is 0. The molecule has 0 spiro atoms. The lowest BCUT2D eigenvalue weighted by molar-refractivity contribution is 0.132. The molecule has 0 amide bonds. The van der Waals surface area contributed by atoms with Crippen LogP contribution < -0.4 is 0 Å². The van der Waals surface area contributed by atoms with Crippen molar-refractivity contribution in [1.29, 1.82) is 5.26 Å². The molecule has 0 aromatic heterocycles. The molecule has 0 heterocycles. The van der Waals surface area contributed by atoms with Gasteiger partial charge in [0, 0.05) is 5.56 Å². The number of hydrogen-bond acceptors (Lipinski definition) is 3. The first-order chi connectivity index (χ1) is 8.90. The van der Waals surface area contributed by atoms with Gasteiger partial charge in [-0.2, -0.15) is 5.26 Å². The van der Waals surface area contributed by atoms with Crippen molar-refractivity contribution in [3.8, 4) is 6.07 Å². The minimum absolute atomic E-state index is 0.299. The number of nitriles is 1. The highest BCUT2D eigenvalue weighted by molar-refractivity contribution is 5.78. The molecule has 0 fully saturated rings. The van der Waals surface area contributed by atoms with Crippen molar-refractivity contribution in [2.24, 2.45) is 5.16 Å². The summed E-state index contributed by atoms with van der Waals surface area (Å²) in [5.41, 5.74) is 2.43. The Kier molecular flexibility index (Phi) is 4.10. The van der Waals surface area contributed by atoms with Crippen LogP contribution in [0.5, 0.6) is 0 Å². The number of nitrogens with zero attached hydrogens (tertiary/aromatic N) is 2. The molecule has 0 saturated heterocycles. The average molecular weight is 236 g/mol. The first-order valence-electron chi connectivity index (χ1n) is 5.58. The van der Waals surface area contributed by atoms with Crippen molar-refractivity contribution in [2.45, 2.75) is 6.61 Å². The van der Waals surface area contributed by atoms with Gasteiger partial charge in [-0.1, -0.05) is 53.7 Å². The molecule has 3 heteroatoms. The largest absolute Gasteiger partial charge is 0.391 e. The van der Waals surface area contributed by atoms with E-state index in [1.54, 1.807) is 12.3 Å². The monoisotopic (exact) mass is 236 g/mol. The summed E-state index contributed by atoms with van der Waals surface area (Å²) < 4.78 is 0. The zero-order valence-electron chi connectivity index (χ0n) is 9.78. The Labute approximate surface area is 106 Å². The second kappa shape index (κ2) is 6.21. The lowest BCUT2D eigenvalue weighted by Gasteiger charge is -2.01. The van der Waals surface area contributed by atoms with E-state index in [0.29, 0.717) is 12.2 Å². The SMILES string of the molecule is N#Cc1ccccc1CO/N=C\c1ccccc1. The van der Waals surface area contributed by atoms with Crippen molar-refractivity contribution in [2.75, 3.05) is 0 Å². The molecule has 0 unspecified atom stereocenters. The molecule has 3 nitrogen and oxygen atoms in total. The molecule has 0 aliphatic carbocycles. The van der Waals surface area contributed by atoms with Crippen molar-refractivity contribution in [3.63, 3.8) is 0 Å². The maximum absolute atomic E-state index is 8.91. The van der Waals surface area contributed by atoms with Crippen LogP contribution in [-0.2, 0) is 11.4 Å². The van der Waals surface area contributed by atoms with Gasteiger partial charge in [-0.15, -0.1) is 0 Å². The molecule has 0 bridgehead atoms. The van der Waals surface area contributed by atoms with Crippen LogP contribution in [0.2, 0.25) is 0 Å². The Bertz CT molecular complexity index is 571. The Hall–Kier alpha value is -2.60. The highest BCUT2D eigenvalue weighted by Crippen LogP contribution is 2.08. The molecule has 2 aromatic carbocycles. The first kappa shape index (κ1) is 11.9. The molecule has 18 heavy (non-hydrogen) atoms. The average Bonchev–Trinajstić information content (AvgIpc) is 2.45. The van der Waals surface area contributed by atoms with E-state index in [0.717, 1.165) is 11.1 Å². The molecule has 88 valence electrons. The molecule has 0 aliphatic heterocycles. The minimum Gasteiger partial charge on any atom is -0.391 e. The maximum atomic E-state index is 8.91. The smallest absolute Gasteiger partial charge is 0.143 e. The lowest BCUT2D eigenvalue weighted by Crippen LogP contribution is -1.91. The van der Waals surface area contributed by atoms with E-state index >= 15 is 0 Å². The third-order valence-electron chi connectivity index (χ3n) is 2.43. The fraction of sp³-hybridized carbons (Fsp3) is 0.0667. The van der Waals surface area contributed by atoms with Crippen molar-refractivity contribution in [1.82, 2.24) is 0 Å². The van der Waals surface area contributed by atoms with Crippen LogP contribution in [-0.4, -0.2) is 6.21 Å². The molecular formula is C15H12N2O. The predicted octanol–water partition coefficient (Wildman–Crippen LogP) is 3.11. The van der Waals surface area contributed by atoms with E-state index in [2.05, 4.69) is 11.2 Å². The van der Waals surface area contributed by atoms with Gasteiger partial charge in [0.2, 0.25) is 0 Å². The van der Waals surface area contributed by atoms with E-state index in [1.807, 2.05) is 48.5 Å². The third kappa shape index (κ3) is 3.19. The van der Waals surface area contributed by atoms with Crippen LogP contribution in [0.15, 0.2) is 59.8 Å². The summed E-state index contributed by atoms with van der Waals surface area (Å²) in [5, 5.41) is 12.8. The number of benzene rings is 2. The van der Waals surface area contributed by atoms with Crippen molar-refractivity contribution < 1.29 is 4.84 Å². The Morgan fingerprint density at radius 2 is 1.78 bits per heavy atom. The van der Waals surface area contributed by atoms with Gasteiger partial charge >= 0.3 is 0 Å². The van der Waals surface area contributed by atoms with Gasteiger partial charge in [0.15, 0.2) is 0 Å². The molecular weight excluding hydrogens is 224 g/mol. The Balaban J connectivity index is 1.93. The maximum Gasteiger partial charge on any atom is 0.143 e. The molecule has 2 aromatic rings. The number of rotatable bonds is 4. The molecule has 0 saturated carbocycles. The van der Waals surface area contributed by atoms with E-state index in [9.17, 15) is 0 Å². The summed E-state index contributed by atoms with van der Waals surface area (Å²) >= 11 is 0. The van der Waals surface area contributed by atoms with Crippen LogP contribution in [0.1, 0.15) is 16.7 Å². The predicted molar refractivity (Wildman–Crippen MR) is 70.0 cm³/mol. The molecule has 0 radical (unpaired) electrons. The summed E-state index contributed by atoms with van der Waals surface area (Å²) in [6.45, 7) is 0.299. The standard InChI is InChI=1S/C15H12N2O/c16-10-14-8-4-5-9-15(14)12-18-17-11-13-6-2-1-3-7-13/h1-9,11H,12H2/b17-11-. The second-order valence-electron chi connectivity index (χ2n) is 3.69. The Morgan fingerprint density at radius 1 is 1.06 bits per heavy atom. The van der Waals surface area contributed by atoms with Crippen LogP contribution in [0.25, 0.3) is 0 Å². The van der Waals surface area contributed by atoms with Gasteiger partial charge in [0.05, 0.1) is 17.8 Å². The van der Waals surface area contributed by atoms with E-state index in [1.165, 1.54) is 0 Å². The van der Waals surface area contributed by atoms with Gasteiger partial charge in [-0.05, 0) is 11.6 Å². The van der Waals surface area contributed by atoms with Gasteiger partial charge in [-0.3, -0.25) is 0 Å².